The summed E-state index contributed by atoms with van der Waals surface area (Å²) in [7, 11) is 0. The summed E-state index contributed by atoms with van der Waals surface area (Å²) in [6.07, 6.45) is 9.18. The number of hydrogen-bond acceptors (Lipinski definition) is 6. The molecule has 0 unspecified atom stereocenters. The molecule has 154 valence electrons. The fourth-order valence-corrected chi connectivity index (χ4v) is 3.11. The van der Waals surface area contributed by atoms with Gasteiger partial charge in [0, 0.05) is 44.5 Å². The fourth-order valence-electron chi connectivity index (χ4n) is 3.11. The molecule has 6 heteroatoms. The Hall–Kier alpha value is -2.86. The number of hydrogen-bond donors (Lipinski definition) is 1. The van der Waals surface area contributed by atoms with E-state index in [4.69, 9.17) is 0 Å². The Kier molecular flexibility index (Phi) is 9.18. The molecule has 29 heavy (non-hydrogen) atoms. The van der Waals surface area contributed by atoms with Crippen LogP contribution in [0.4, 0.5) is 0 Å². The summed E-state index contributed by atoms with van der Waals surface area (Å²) in [5.74, 6) is -0.0323. The van der Waals surface area contributed by atoms with Crippen LogP contribution in [0.2, 0.25) is 0 Å². The van der Waals surface area contributed by atoms with E-state index in [0.717, 1.165) is 30.6 Å². The molecule has 0 atom stereocenters. The van der Waals surface area contributed by atoms with E-state index >= 15 is 0 Å². The second-order valence-corrected chi connectivity index (χ2v) is 6.57. The zero-order valence-electron chi connectivity index (χ0n) is 17.5. The van der Waals surface area contributed by atoms with Gasteiger partial charge < -0.3 is 5.01 Å². The molecule has 3 rings (SSSR count). The summed E-state index contributed by atoms with van der Waals surface area (Å²) in [4.78, 5) is 33.3. The third-order valence-electron chi connectivity index (χ3n) is 4.56. The molecule has 0 saturated heterocycles. The van der Waals surface area contributed by atoms with E-state index in [2.05, 4.69) is 21.5 Å². The highest BCUT2D eigenvalue weighted by Crippen LogP contribution is 2.14. The number of aromatic nitrogens is 2. The Morgan fingerprint density at radius 1 is 1.03 bits per heavy atom. The van der Waals surface area contributed by atoms with Gasteiger partial charge >= 0.3 is 0 Å². The summed E-state index contributed by atoms with van der Waals surface area (Å²) in [5, 5.41) is 2.01. The molecule has 1 aliphatic rings. The zero-order chi connectivity index (χ0) is 21.1. The minimum absolute atomic E-state index is 0.0129. The lowest BCUT2D eigenvalue weighted by atomic mass is 10.0. The van der Waals surface area contributed by atoms with E-state index in [9.17, 15) is 9.59 Å². The Labute approximate surface area is 173 Å². The van der Waals surface area contributed by atoms with Gasteiger partial charge in [0.05, 0.1) is 0 Å². The van der Waals surface area contributed by atoms with Crippen molar-refractivity contribution in [2.45, 2.75) is 46.5 Å². The quantitative estimate of drug-likeness (QED) is 0.650. The van der Waals surface area contributed by atoms with E-state index in [1.165, 1.54) is 0 Å². The first-order valence-electron chi connectivity index (χ1n) is 10.2. The Morgan fingerprint density at radius 3 is 2.34 bits per heavy atom. The average molecular weight is 395 g/mol. The number of nitrogens with one attached hydrogen (secondary N) is 1. The third kappa shape index (κ3) is 6.61. The summed E-state index contributed by atoms with van der Waals surface area (Å²) in [6, 6.07) is 7.48. The molecule has 0 bridgehead atoms. The van der Waals surface area contributed by atoms with Crippen LogP contribution in [0.1, 0.15) is 65.2 Å². The highest BCUT2D eigenvalue weighted by atomic mass is 16.1. The molecule has 0 aromatic carbocycles. The topological polar surface area (TPSA) is 75.2 Å². The van der Waals surface area contributed by atoms with Crippen LogP contribution in [0.15, 0.2) is 48.9 Å². The van der Waals surface area contributed by atoms with Crippen LogP contribution < -0.4 is 5.43 Å². The van der Waals surface area contributed by atoms with Crippen molar-refractivity contribution < 1.29 is 9.59 Å². The van der Waals surface area contributed by atoms with Crippen LogP contribution in [-0.2, 0) is 6.42 Å². The SMILES string of the molecule is CC.Cc1cccnc1C(=O)CCCC(=O)c1ncccc1CCN1C=CCN1. The standard InChI is InChI=1S/C21H24N4O2.C2H6/c1-16-6-3-11-22-20(16)18(26)8-2-9-19(27)21-17(7-4-12-23-21)10-15-25-14-5-13-24-25;1-2/h3-7,11-12,14,24H,2,8-10,13,15H2,1H3;1-2H3. The maximum Gasteiger partial charge on any atom is 0.181 e. The van der Waals surface area contributed by atoms with Gasteiger partial charge in [0.15, 0.2) is 11.6 Å². The van der Waals surface area contributed by atoms with E-state index in [1.807, 2.05) is 56.2 Å². The summed E-state index contributed by atoms with van der Waals surface area (Å²) in [6.45, 7) is 7.48. The molecule has 3 heterocycles. The first-order chi connectivity index (χ1) is 14.1. The van der Waals surface area contributed by atoms with Crippen LogP contribution in [-0.4, -0.2) is 39.6 Å². The van der Waals surface area contributed by atoms with Gasteiger partial charge in [-0.25, -0.2) is 5.43 Å². The molecular weight excluding hydrogens is 364 g/mol. The molecule has 0 radical (unpaired) electrons. The van der Waals surface area contributed by atoms with Gasteiger partial charge in [-0.15, -0.1) is 0 Å². The minimum atomic E-state index is -0.0194. The van der Waals surface area contributed by atoms with Gasteiger partial charge in [-0.3, -0.25) is 19.6 Å². The van der Waals surface area contributed by atoms with E-state index < -0.39 is 0 Å². The van der Waals surface area contributed by atoms with Gasteiger partial charge in [0.25, 0.3) is 0 Å². The van der Waals surface area contributed by atoms with Crippen LogP contribution in [0, 0.1) is 6.92 Å². The van der Waals surface area contributed by atoms with Crippen molar-refractivity contribution in [3.8, 4) is 0 Å². The zero-order valence-corrected chi connectivity index (χ0v) is 17.5. The highest BCUT2D eigenvalue weighted by Gasteiger charge is 2.16. The van der Waals surface area contributed by atoms with Crippen molar-refractivity contribution >= 4 is 11.6 Å². The maximum atomic E-state index is 12.6. The number of rotatable bonds is 9. The minimum Gasteiger partial charge on any atom is -0.315 e. The molecule has 0 aliphatic carbocycles. The molecule has 0 spiro atoms. The number of nitrogens with zero attached hydrogens (tertiary/aromatic N) is 3. The first-order valence-corrected chi connectivity index (χ1v) is 10.2. The van der Waals surface area contributed by atoms with Crippen molar-refractivity contribution in [3.05, 3.63) is 71.4 Å². The smallest absolute Gasteiger partial charge is 0.181 e. The van der Waals surface area contributed by atoms with Crippen molar-refractivity contribution in [3.63, 3.8) is 0 Å². The van der Waals surface area contributed by atoms with Crippen LogP contribution in [0.25, 0.3) is 0 Å². The van der Waals surface area contributed by atoms with Gasteiger partial charge in [0.1, 0.15) is 11.4 Å². The molecule has 6 nitrogen and oxygen atoms in total. The first kappa shape index (κ1) is 22.4. The van der Waals surface area contributed by atoms with Crippen molar-refractivity contribution in [2.75, 3.05) is 13.1 Å². The van der Waals surface area contributed by atoms with Gasteiger partial charge in [0.2, 0.25) is 0 Å². The number of Topliss-reactive ketones (excluding diaryl/α,β-unsaturated/α-hetero) is 2. The molecule has 0 amide bonds. The number of ketones is 2. The number of aryl methyl sites for hydroxylation is 1. The van der Waals surface area contributed by atoms with Crippen LogP contribution in [0.3, 0.4) is 0 Å². The van der Waals surface area contributed by atoms with E-state index in [-0.39, 0.29) is 11.6 Å². The third-order valence-corrected chi connectivity index (χ3v) is 4.56. The second-order valence-electron chi connectivity index (χ2n) is 6.57. The van der Waals surface area contributed by atoms with Gasteiger partial charge in [-0.1, -0.05) is 32.1 Å². The Morgan fingerprint density at radius 2 is 1.69 bits per heavy atom. The largest absolute Gasteiger partial charge is 0.315 e. The maximum absolute atomic E-state index is 12.6. The van der Waals surface area contributed by atoms with Crippen LogP contribution >= 0.6 is 0 Å². The number of carbonyl (C=O) groups is 2. The van der Waals surface area contributed by atoms with Gasteiger partial charge in [-0.05, 0) is 43.0 Å². The van der Waals surface area contributed by atoms with Crippen molar-refractivity contribution in [2.24, 2.45) is 0 Å². The van der Waals surface area contributed by atoms with E-state index in [0.29, 0.717) is 30.7 Å². The normalized spacial score (nSPS) is 12.4. The van der Waals surface area contributed by atoms with E-state index in [1.54, 1.807) is 12.4 Å². The predicted molar refractivity (Wildman–Crippen MR) is 115 cm³/mol. The summed E-state index contributed by atoms with van der Waals surface area (Å²) >= 11 is 0. The molecule has 2 aromatic heterocycles. The molecule has 0 saturated carbocycles. The highest BCUT2D eigenvalue weighted by molar-refractivity contribution is 5.97. The monoisotopic (exact) mass is 394 g/mol. The Balaban J connectivity index is 0.00000145. The average Bonchev–Trinajstić information content (AvgIpc) is 3.28. The summed E-state index contributed by atoms with van der Waals surface area (Å²) < 4.78 is 0. The number of hydrazine groups is 1. The fraction of sp³-hybridized carbons (Fsp3) is 0.391. The molecule has 1 N–H and O–H groups in total. The lowest BCUT2D eigenvalue weighted by Gasteiger charge is -2.16. The lowest BCUT2D eigenvalue weighted by Crippen LogP contribution is -2.30. The molecule has 1 aliphatic heterocycles. The number of carbonyl (C=O) groups excluding carboxylic acids is 2. The molecule has 2 aromatic rings. The molecule has 0 fully saturated rings. The predicted octanol–water partition coefficient (Wildman–Crippen LogP) is 3.92. The van der Waals surface area contributed by atoms with Gasteiger partial charge in [-0.2, -0.15) is 0 Å². The van der Waals surface area contributed by atoms with Crippen molar-refractivity contribution in [1.82, 2.24) is 20.4 Å². The van der Waals surface area contributed by atoms with Crippen molar-refractivity contribution in [1.29, 1.82) is 0 Å². The summed E-state index contributed by atoms with van der Waals surface area (Å²) in [5.41, 5.74) is 6.03. The molecular formula is C23H30N4O2. The lowest BCUT2D eigenvalue weighted by molar-refractivity contribution is 0.0951. The van der Waals surface area contributed by atoms with Crippen LogP contribution in [0.5, 0.6) is 0 Å². The Bertz CT molecular complexity index is 848. The second kappa shape index (κ2) is 11.9. The number of pyridine rings is 2.